The van der Waals surface area contributed by atoms with Gasteiger partial charge in [0, 0.05) is 41.1 Å². The molecule has 0 fully saturated rings. The Hall–Kier alpha value is -4.39. The van der Waals surface area contributed by atoms with Gasteiger partial charge in [0.15, 0.2) is 17.1 Å². The summed E-state index contributed by atoms with van der Waals surface area (Å²) in [7, 11) is 0. The summed E-state index contributed by atoms with van der Waals surface area (Å²) in [6.45, 7) is 2.33. The maximum atomic E-state index is 13.5. The van der Waals surface area contributed by atoms with Gasteiger partial charge in [-0.15, -0.1) is 0 Å². The van der Waals surface area contributed by atoms with Crippen LogP contribution in [0.25, 0.3) is 39.3 Å². The Kier molecular flexibility index (Phi) is 4.80. The van der Waals surface area contributed by atoms with Crippen molar-refractivity contribution in [3.05, 3.63) is 101 Å². The van der Waals surface area contributed by atoms with Crippen LogP contribution >= 0.6 is 0 Å². The fourth-order valence-corrected chi connectivity index (χ4v) is 4.90. The van der Waals surface area contributed by atoms with Crippen LogP contribution in [0.5, 0.6) is 0 Å². The smallest absolute Gasteiger partial charge is 0.417 e. The summed E-state index contributed by atoms with van der Waals surface area (Å²) in [6.07, 6.45) is -2.98. The van der Waals surface area contributed by atoms with E-state index in [4.69, 9.17) is 4.42 Å². The predicted molar refractivity (Wildman–Crippen MR) is 131 cm³/mol. The van der Waals surface area contributed by atoms with Gasteiger partial charge in [-0.2, -0.15) is 13.2 Å². The SMILES string of the molecule is CCn1c(C=C2C(=O)c3cc4ccccc4cc3C2=O)cc2oc(-c3ccccc3C(F)(F)F)cc21. The van der Waals surface area contributed by atoms with Crippen LogP contribution < -0.4 is 0 Å². The fraction of sp³-hybridized carbons (Fsp3) is 0.103. The number of fused-ring (bicyclic) bond motifs is 3. The Labute approximate surface area is 203 Å². The number of rotatable bonds is 3. The van der Waals surface area contributed by atoms with Gasteiger partial charge in [-0.05, 0) is 42.0 Å². The fourth-order valence-electron chi connectivity index (χ4n) is 4.90. The molecule has 0 unspecified atom stereocenters. The summed E-state index contributed by atoms with van der Waals surface area (Å²) in [5.74, 6) is -0.594. The molecule has 0 amide bonds. The van der Waals surface area contributed by atoms with Crippen molar-refractivity contribution in [2.75, 3.05) is 0 Å². The van der Waals surface area contributed by atoms with Crippen molar-refractivity contribution in [1.82, 2.24) is 4.57 Å². The monoisotopic (exact) mass is 485 g/mol. The van der Waals surface area contributed by atoms with Crippen LogP contribution in [0.3, 0.4) is 0 Å². The highest BCUT2D eigenvalue weighted by Crippen LogP contribution is 2.40. The number of ketones is 2. The van der Waals surface area contributed by atoms with E-state index in [-0.39, 0.29) is 28.5 Å². The average Bonchev–Trinajstić information content (AvgIpc) is 3.48. The molecular weight excluding hydrogens is 467 g/mol. The van der Waals surface area contributed by atoms with Gasteiger partial charge >= 0.3 is 6.18 Å². The van der Waals surface area contributed by atoms with Crippen molar-refractivity contribution < 1.29 is 27.2 Å². The summed E-state index contributed by atoms with van der Waals surface area (Å²) < 4.78 is 48.2. The second kappa shape index (κ2) is 7.81. The predicted octanol–water partition coefficient (Wildman–Crippen LogP) is 7.56. The Morgan fingerprint density at radius 3 is 2.06 bits per heavy atom. The highest BCUT2D eigenvalue weighted by atomic mass is 19.4. The molecule has 0 saturated heterocycles. The first-order chi connectivity index (χ1) is 17.3. The van der Waals surface area contributed by atoms with E-state index in [1.807, 2.05) is 35.8 Å². The summed E-state index contributed by atoms with van der Waals surface area (Å²) in [4.78, 5) is 26.3. The van der Waals surface area contributed by atoms with E-state index >= 15 is 0 Å². The van der Waals surface area contributed by atoms with Gasteiger partial charge in [-0.25, -0.2) is 0 Å². The van der Waals surface area contributed by atoms with Crippen LogP contribution in [0, 0.1) is 0 Å². The highest BCUT2D eigenvalue weighted by molar-refractivity contribution is 6.42. The minimum absolute atomic E-state index is 0.0487. The van der Waals surface area contributed by atoms with Gasteiger partial charge in [0.05, 0.1) is 16.7 Å². The maximum Gasteiger partial charge on any atom is 0.417 e. The van der Waals surface area contributed by atoms with Gasteiger partial charge in [0.2, 0.25) is 0 Å². The van der Waals surface area contributed by atoms with Crippen LogP contribution in [-0.2, 0) is 12.7 Å². The lowest BCUT2D eigenvalue weighted by Crippen LogP contribution is -2.06. The number of hydrogen-bond donors (Lipinski definition) is 0. The molecule has 0 spiro atoms. The molecule has 0 aliphatic heterocycles. The molecule has 2 aromatic heterocycles. The number of alkyl halides is 3. The van der Waals surface area contributed by atoms with Crippen molar-refractivity contribution in [2.45, 2.75) is 19.6 Å². The summed E-state index contributed by atoms with van der Waals surface area (Å²) in [5, 5.41) is 1.75. The Morgan fingerprint density at radius 1 is 0.833 bits per heavy atom. The molecule has 0 bridgehead atoms. The Morgan fingerprint density at radius 2 is 1.44 bits per heavy atom. The molecule has 6 rings (SSSR count). The van der Waals surface area contributed by atoms with E-state index < -0.39 is 11.7 Å². The zero-order valence-corrected chi connectivity index (χ0v) is 19.0. The lowest BCUT2D eigenvalue weighted by atomic mass is 10.0. The second-order valence-corrected chi connectivity index (χ2v) is 8.68. The molecule has 1 aliphatic rings. The molecule has 3 aromatic carbocycles. The van der Waals surface area contributed by atoms with Gasteiger partial charge in [-0.1, -0.05) is 42.5 Å². The third-order valence-corrected chi connectivity index (χ3v) is 6.59. The first-order valence-electron chi connectivity index (χ1n) is 11.4. The largest absolute Gasteiger partial charge is 0.454 e. The first kappa shape index (κ1) is 22.1. The quantitative estimate of drug-likeness (QED) is 0.196. The lowest BCUT2D eigenvalue weighted by molar-refractivity contribution is -0.137. The zero-order valence-electron chi connectivity index (χ0n) is 19.0. The van der Waals surface area contributed by atoms with E-state index in [0.717, 1.165) is 16.8 Å². The number of halogens is 3. The van der Waals surface area contributed by atoms with Crippen molar-refractivity contribution in [3.63, 3.8) is 0 Å². The van der Waals surface area contributed by atoms with Crippen molar-refractivity contribution in [1.29, 1.82) is 0 Å². The van der Waals surface area contributed by atoms with Gasteiger partial charge in [-0.3, -0.25) is 9.59 Å². The molecule has 5 aromatic rings. The van der Waals surface area contributed by atoms with Crippen molar-refractivity contribution in [3.8, 4) is 11.3 Å². The molecule has 7 heteroatoms. The van der Waals surface area contributed by atoms with Crippen LogP contribution in [0.2, 0.25) is 0 Å². The topological polar surface area (TPSA) is 52.2 Å². The Balaban J connectivity index is 1.44. The molecular formula is C29H18F3NO3. The van der Waals surface area contributed by atoms with Crippen molar-refractivity contribution >= 4 is 39.5 Å². The van der Waals surface area contributed by atoms with Gasteiger partial charge in [0.25, 0.3) is 0 Å². The number of benzene rings is 3. The number of aryl methyl sites for hydroxylation is 1. The maximum absolute atomic E-state index is 13.5. The van der Waals surface area contributed by atoms with E-state index in [9.17, 15) is 22.8 Å². The first-order valence-corrected chi connectivity index (χ1v) is 11.4. The number of carbonyl (C=O) groups excluding carboxylic acids is 2. The molecule has 4 nitrogen and oxygen atoms in total. The molecule has 178 valence electrons. The van der Waals surface area contributed by atoms with Gasteiger partial charge in [0.1, 0.15) is 5.76 Å². The number of hydrogen-bond acceptors (Lipinski definition) is 3. The van der Waals surface area contributed by atoms with E-state index in [1.54, 1.807) is 24.3 Å². The molecule has 0 saturated carbocycles. The van der Waals surface area contributed by atoms with Crippen LogP contribution in [0.1, 0.15) is 38.9 Å². The van der Waals surface area contributed by atoms with Crippen LogP contribution in [0.15, 0.2) is 82.8 Å². The molecule has 0 N–H and O–H groups in total. The Bertz CT molecular complexity index is 1690. The van der Waals surface area contributed by atoms with E-state index in [0.29, 0.717) is 34.5 Å². The standard InChI is InChI=1S/C29H18F3NO3/c1-2-33-18(13-22-27(34)20-11-16-7-3-4-8-17(16)12-21(20)28(22)35)14-26-24(33)15-25(36-26)19-9-5-6-10-23(19)29(30,31)32/h3-15H,2H2,1H3. The van der Waals surface area contributed by atoms with Crippen LogP contribution in [-0.4, -0.2) is 16.1 Å². The number of allylic oxidation sites excluding steroid dienone is 1. The molecule has 0 radical (unpaired) electrons. The summed E-state index contributed by atoms with van der Waals surface area (Å²) >= 11 is 0. The molecule has 36 heavy (non-hydrogen) atoms. The molecule has 0 atom stereocenters. The minimum atomic E-state index is -4.52. The number of carbonyl (C=O) groups is 2. The number of aromatic nitrogens is 1. The average molecular weight is 485 g/mol. The second-order valence-electron chi connectivity index (χ2n) is 8.68. The lowest BCUT2D eigenvalue weighted by Gasteiger charge is -2.10. The van der Waals surface area contributed by atoms with E-state index in [2.05, 4.69) is 0 Å². The molecule has 2 heterocycles. The molecule has 1 aliphatic carbocycles. The third kappa shape index (κ3) is 3.31. The number of furan rings is 1. The number of nitrogens with zero attached hydrogens (tertiary/aromatic N) is 1. The van der Waals surface area contributed by atoms with Crippen LogP contribution in [0.4, 0.5) is 13.2 Å². The third-order valence-electron chi connectivity index (χ3n) is 6.59. The number of Topliss-reactive ketones (excluding diaryl/α,β-unsaturated/α-hetero) is 2. The normalized spacial score (nSPS) is 13.7. The zero-order chi connectivity index (χ0) is 25.2. The summed E-state index contributed by atoms with van der Waals surface area (Å²) in [6, 6.07) is 19.5. The van der Waals surface area contributed by atoms with Gasteiger partial charge < -0.3 is 8.98 Å². The minimum Gasteiger partial charge on any atom is -0.454 e. The van der Waals surface area contributed by atoms with E-state index in [1.165, 1.54) is 24.3 Å². The highest BCUT2D eigenvalue weighted by Gasteiger charge is 2.35. The summed E-state index contributed by atoms with van der Waals surface area (Å²) in [5.41, 5.74) is 1.48. The van der Waals surface area contributed by atoms with Crippen molar-refractivity contribution in [2.24, 2.45) is 0 Å².